The summed E-state index contributed by atoms with van der Waals surface area (Å²) >= 11 is 0. The van der Waals surface area contributed by atoms with Gasteiger partial charge in [-0.2, -0.15) is 0 Å². The second-order valence-electron chi connectivity index (χ2n) is 5.78. The van der Waals surface area contributed by atoms with Crippen molar-refractivity contribution in [2.75, 3.05) is 18.4 Å². The fraction of sp³-hybridized carbons (Fsp3) is 0.222. The topological polar surface area (TPSA) is 88.3 Å². The number of benzene rings is 1. The molecule has 1 N–H and O–H groups in total. The van der Waals surface area contributed by atoms with Crippen LogP contribution < -0.4 is 5.32 Å². The highest BCUT2D eigenvalue weighted by atomic mass is 16.3. The van der Waals surface area contributed by atoms with Crippen LogP contribution in [0, 0.1) is 0 Å². The number of rotatable bonds is 5. The summed E-state index contributed by atoms with van der Waals surface area (Å²) in [5, 5.41) is 3.93. The van der Waals surface area contributed by atoms with Crippen LogP contribution in [0.5, 0.6) is 0 Å². The number of carbonyl (C=O) groups is 2. The van der Waals surface area contributed by atoms with E-state index in [1.54, 1.807) is 0 Å². The van der Waals surface area contributed by atoms with E-state index in [1.165, 1.54) is 11.2 Å². The Hall–Kier alpha value is -3.22. The summed E-state index contributed by atoms with van der Waals surface area (Å²) in [5.74, 6) is 1.10. The predicted molar refractivity (Wildman–Crippen MR) is 91.7 cm³/mol. The number of aromatic nitrogens is 2. The monoisotopic (exact) mass is 336 g/mol. The number of hydrogen-bond donors (Lipinski definition) is 1. The van der Waals surface area contributed by atoms with Crippen LogP contribution >= 0.6 is 0 Å². The number of fused-ring (bicyclic) bond motifs is 1. The number of hydrogen-bond acceptors (Lipinski definition) is 6. The van der Waals surface area contributed by atoms with Gasteiger partial charge in [0.25, 0.3) is 0 Å². The van der Waals surface area contributed by atoms with Crippen molar-refractivity contribution in [1.29, 1.82) is 0 Å². The van der Waals surface area contributed by atoms with E-state index in [1.807, 2.05) is 36.4 Å². The van der Waals surface area contributed by atoms with Gasteiger partial charge in [0, 0.05) is 31.5 Å². The molecule has 0 aliphatic carbocycles. The minimum atomic E-state index is -0.116. The molecule has 25 heavy (non-hydrogen) atoms. The number of nitrogens with zero attached hydrogens (tertiary/aromatic N) is 3. The summed E-state index contributed by atoms with van der Waals surface area (Å²) in [5.41, 5.74) is 1.45. The van der Waals surface area contributed by atoms with Gasteiger partial charge in [-0.15, -0.1) is 0 Å². The minimum Gasteiger partial charge on any atom is -0.438 e. The van der Waals surface area contributed by atoms with E-state index in [0.717, 1.165) is 10.9 Å². The molecule has 3 heterocycles. The Bertz CT molecular complexity index is 920. The van der Waals surface area contributed by atoms with Gasteiger partial charge in [-0.1, -0.05) is 30.3 Å². The molecular formula is C18H16N4O3. The Balaban J connectivity index is 1.53. The van der Waals surface area contributed by atoms with Crippen LogP contribution in [0.15, 0.2) is 47.1 Å². The van der Waals surface area contributed by atoms with E-state index >= 15 is 0 Å². The Labute approximate surface area is 143 Å². The van der Waals surface area contributed by atoms with Gasteiger partial charge < -0.3 is 9.73 Å². The van der Waals surface area contributed by atoms with E-state index < -0.39 is 0 Å². The van der Waals surface area contributed by atoms with Crippen molar-refractivity contribution in [3.05, 3.63) is 42.7 Å². The quantitative estimate of drug-likeness (QED) is 0.720. The molecule has 126 valence electrons. The average Bonchev–Trinajstić information content (AvgIpc) is 3.21. The lowest BCUT2D eigenvalue weighted by molar-refractivity contribution is -0.138. The number of nitrogens with one attached hydrogen (secondary N) is 1. The lowest BCUT2D eigenvalue weighted by Gasteiger charge is -2.14. The summed E-state index contributed by atoms with van der Waals surface area (Å²) in [6, 6.07) is 11.6. The van der Waals surface area contributed by atoms with E-state index in [4.69, 9.17) is 4.42 Å². The Morgan fingerprint density at radius 2 is 1.84 bits per heavy atom. The maximum absolute atomic E-state index is 11.6. The zero-order chi connectivity index (χ0) is 17.2. The second-order valence-corrected chi connectivity index (χ2v) is 5.78. The second kappa shape index (κ2) is 6.35. The van der Waals surface area contributed by atoms with Crippen molar-refractivity contribution < 1.29 is 14.0 Å². The molecule has 1 fully saturated rings. The Morgan fingerprint density at radius 1 is 1.08 bits per heavy atom. The van der Waals surface area contributed by atoms with Gasteiger partial charge in [-0.3, -0.25) is 14.5 Å². The van der Waals surface area contributed by atoms with Crippen molar-refractivity contribution in [3.63, 3.8) is 0 Å². The predicted octanol–water partition coefficient (Wildman–Crippen LogP) is 2.45. The van der Waals surface area contributed by atoms with Crippen molar-refractivity contribution >= 4 is 28.7 Å². The lowest BCUT2D eigenvalue weighted by atomic mass is 10.2. The first-order valence-electron chi connectivity index (χ1n) is 8.09. The van der Waals surface area contributed by atoms with E-state index in [9.17, 15) is 9.59 Å². The first kappa shape index (κ1) is 15.3. The first-order valence-corrected chi connectivity index (χ1v) is 8.09. The number of carbonyl (C=O) groups excluding carboxylic acids is 2. The van der Waals surface area contributed by atoms with Crippen LogP contribution in [0.25, 0.3) is 22.4 Å². The van der Waals surface area contributed by atoms with Gasteiger partial charge in [-0.25, -0.2) is 9.97 Å². The maximum Gasteiger partial charge on any atom is 0.231 e. The van der Waals surface area contributed by atoms with Crippen LogP contribution in [-0.4, -0.2) is 39.8 Å². The van der Waals surface area contributed by atoms with Crippen LogP contribution in [0.4, 0.5) is 5.82 Å². The maximum atomic E-state index is 11.6. The molecule has 2 amide bonds. The lowest BCUT2D eigenvalue weighted by Crippen LogP contribution is -2.33. The largest absolute Gasteiger partial charge is 0.438 e. The normalized spacial score (nSPS) is 14.5. The molecule has 7 nitrogen and oxygen atoms in total. The summed E-state index contributed by atoms with van der Waals surface area (Å²) < 4.78 is 5.80. The fourth-order valence-corrected chi connectivity index (χ4v) is 2.90. The molecule has 0 atom stereocenters. The molecule has 2 aromatic heterocycles. The van der Waals surface area contributed by atoms with Crippen molar-refractivity contribution in [2.24, 2.45) is 0 Å². The molecule has 0 spiro atoms. The standard InChI is InChI=1S/C18H16N4O3/c23-15-6-7-16(24)22(15)9-8-19-17-13-10-14(12-4-2-1-3-5-12)25-18(13)21-11-20-17/h1-5,10-11H,6-9H2,(H,19,20,21). The number of likely N-dealkylation sites (tertiary alicyclic amines) is 1. The number of anilines is 1. The molecular weight excluding hydrogens is 320 g/mol. The minimum absolute atomic E-state index is 0.116. The fourth-order valence-electron chi connectivity index (χ4n) is 2.90. The highest BCUT2D eigenvalue weighted by molar-refractivity contribution is 6.02. The number of amides is 2. The summed E-state index contributed by atoms with van der Waals surface area (Å²) in [7, 11) is 0. The van der Waals surface area contributed by atoms with Crippen LogP contribution in [-0.2, 0) is 9.59 Å². The summed E-state index contributed by atoms with van der Waals surface area (Å²) in [6.45, 7) is 0.752. The van der Waals surface area contributed by atoms with Crippen molar-refractivity contribution in [1.82, 2.24) is 14.9 Å². The molecule has 1 saturated heterocycles. The van der Waals surface area contributed by atoms with Gasteiger partial charge in [0.1, 0.15) is 17.9 Å². The first-order chi connectivity index (χ1) is 12.2. The molecule has 4 rings (SSSR count). The Morgan fingerprint density at radius 3 is 2.60 bits per heavy atom. The molecule has 1 aliphatic heterocycles. The third kappa shape index (κ3) is 2.96. The van der Waals surface area contributed by atoms with Crippen molar-refractivity contribution in [3.8, 4) is 11.3 Å². The van der Waals surface area contributed by atoms with Crippen LogP contribution in [0.1, 0.15) is 12.8 Å². The SMILES string of the molecule is O=C1CCC(=O)N1CCNc1ncnc2oc(-c3ccccc3)cc12. The van der Waals surface area contributed by atoms with Crippen molar-refractivity contribution in [2.45, 2.75) is 12.8 Å². The molecule has 0 saturated carbocycles. The third-order valence-corrected chi connectivity index (χ3v) is 4.17. The molecule has 7 heteroatoms. The number of imide groups is 1. The van der Waals surface area contributed by atoms with Gasteiger partial charge in [-0.05, 0) is 6.07 Å². The van der Waals surface area contributed by atoms with E-state index in [0.29, 0.717) is 43.2 Å². The van der Waals surface area contributed by atoms with E-state index in [-0.39, 0.29) is 11.8 Å². The van der Waals surface area contributed by atoms with Gasteiger partial charge in [0.05, 0.1) is 5.39 Å². The molecule has 1 aliphatic rings. The van der Waals surface area contributed by atoms with Crippen LogP contribution in [0.3, 0.4) is 0 Å². The molecule has 3 aromatic rings. The molecule has 0 bridgehead atoms. The van der Waals surface area contributed by atoms with Gasteiger partial charge >= 0.3 is 0 Å². The van der Waals surface area contributed by atoms with Crippen LogP contribution in [0.2, 0.25) is 0 Å². The van der Waals surface area contributed by atoms with E-state index in [2.05, 4.69) is 15.3 Å². The zero-order valence-corrected chi connectivity index (χ0v) is 13.4. The third-order valence-electron chi connectivity index (χ3n) is 4.17. The summed E-state index contributed by atoms with van der Waals surface area (Å²) in [4.78, 5) is 33.0. The van der Waals surface area contributed by atoms with Gasteiger partial charge in [0.15, 0.2) is 0 Å². The Kier molecular flexibility index (Phi) is 3.89. The zero-order valence-electron chi connectivity index (χ0n) is 13.4. The molecule has 0 unspecified atom stereocenters. The smallest absolute Gasteiger partial charge is 0.231 e. The summed E-state index contributed by atoms with van der Waals surface area (Å²) in [6.07, 6.45) is 2.03. The highest BCUT2D eigenvalue weighted by Crippen LogP contribution is 2.29. The molecule has 0 radical (unpaired) electrons. The van der Waals surface area contributed by atoms with Gasteiger partial charge in [0.2, 0.25) is 17.5 Å². The number of furan rings is 1. The average molecular weight is 336 g/mol. The molecule has 1 aromatic carbocycles. The highest BCUT2D eigenvalue weighted by Gasteiger charge is 2.28.